The van der Waals surface area contributed by atoms with Gasteiger partial charge < -0.3 is 15.2 Å². The first-order valence-electron chi connectivity index (χ1n) is 8.51. The van der Waals surface area contributed by atoms with E-state index in [1.807, 2.05) is 19.3 Å². The minimum Gasteiger partial charge on any atom is -0.361 e. The van der Waals surface area contributed by atoms with E-state index in [2.05, 4.69) is 28.7 Å². The molecule has 24 heavy (non-hydrogen) atoms. The Bertz CT molecular complexity index is 690. The van der Waals surface area contributed by atoms with Gasteiger partial charge in [-0.15, -0.1) is 6.58 Å². The van der Waals surface area contributed by atoms with Crippen LogP contribution < -0.4 is 5.32 Å². The maximum Gasteiger partial charge on any atom is 0.193 e. The maximum atomic E-state index is 13.4. The predicted octanol–water partition coefficient (Wildman–Crippen LogP) is 3.71. The average Bonchev–Trinajstić information content (AvgIpc) is 2.96. The van der Waals surface area contributed by atoms with Crippen LogP contribution in [0.5, 0.6) is 0 Å². The minimum absolute atomic E-state index is 0.206. The smallest absolute Gasteiger partial charge is 0.193 e. The van der Waals surface area contributed by atoms with Gasteiger partial charge in [-0.2, -0.15) is 0 Å². The first kappa shape index (κ1) is 18.0. The van der Waals surface area contributed by atoms with E-state index in [-0.39, 0.29) is 5.82 Å². The van der Waals surface area contributed by atoms with E-state index >= 15 is 0 Å². The molecule has 0 radical (unpaired) electrons. The highest BCUT2D eigenvalue weighted by Gasteiger charge is 2.07. The SMILES string of the molecule is C=CCCCN(C)C(=NCCc1c[nH]c2ccc(F)cc12)NCC. The molecule has 0 aliphatic rings. The molecule has 0 aliphatic carbocycles. The molecule has 2 N–H and O–H groups in total. The fourth-order valence-electron chi connectivity index (χ4n) is 2.69. The Morgan fingerprint density at radius 1 is 1.46 bits per heavy atom. The van der Waals surface area contributed by atoms with Crippen molar-refractivity contribution in [3.8, 4) is 0 Å². The van der Waals surface area contributed by atoms with Crippen LogP contribution in [-0.2, 0) is 6.42 Å². The first-order chi connectivity index (χ1) is 11.7. The van der Waals surface area contributed by atoms with Crippen LogP contribution in [-0.4, -0.2) is 42.5 Å². The third-order valence-electron chi connectivity index (χ3n) is 3.97. The number of H-pyrrole nitrogens is 1. The molecule has 2 rings (SSSR count). The van der Waals surface area contributed by atoms with E-state index in [4.69, 9.17) is 4.99 Å². The summed E-state index contributed by atoms with van der Waals surface area (Å²) in [4.78, 5) is 10.0. The van der Waals surface area contributed by atoms with Crippen LogP contribution in [0.4, 0.5) is 4.39 Å². The zero-order valence-corrected chi connectivity index (χ0v) is 14.6. The van der Waals surface area contributed by atoms with Crippen LogP contribution in [0, 0.1) is 5.82 Å². The van der Waals surface area contributed by atoms with Gasteiger partial charge in [-0.25, -0.2) is 4.39 Å². The summed E-state index contributed by atoms with van der Waals surface area (Å²) < 4.78 is 13.4. The fraction of sp³-hybridized carbons (Fsp3) is 0.421. The number of aromatic amines is 1. The lowest BCUT2D eigenvalue weighted by atomic mass is 10.1. The van der Waals surface area contributed by atoms with Gasteiger partial charge in [-0.3, -0.25) is 4.99 Å². The molecule has 130 valence electrons. The lowest BCUT2D eigenvalue weighted by Gasteiger charge is -2.21. The number of rotatable bonds is 8. The Hall–Kier alpha value is -2.30. The fourth-order valence-corrected chi connectivity index (χ4v) is 2.69. The Morgan fingerprint density at radius 3 is 3.04 bits per heavy atom. The second kappa shape index (κ2) is 9.11. The molecular weight excluding hydrogens is 303 g/mol. The monoisotopic (exact) mass is 330 g/mol. The molecule has 0 spiro atoms. The normalized spacial score (nSPS) is 11.7. The number of hydrogen-bond acceptors (Lipinski definition) is 1. The lowest BCUT2D eigenvalue weighted by molar-refractivity contribution is 0.470. The number of hydrogen-bond donors (Lipinski definition) is 2. The number of guanidine groups is 1. The van der Waals surface area contributed by atoms with Crippen molar-refractivity contribution >= 4 is 16.9 Å². The number of fused-ring (bicyclic) bond motifs is 1. The summed E-state index contributed by atoms with van der Waals surface area (Å²) in [6.45, 7) is 8.26. The first-order valence-corrected chi connectivity index (χ1v) is 8.51. The number of aliphatic imine (C=N–C) groups is 1. The molecule has 0 saturated carbocycles. The molecule has 0 atom stereocenters. The molecule has 1 aromatic carbocycles. The molecular formula is C19H27FN4. The van der Waals surface area contributed by atoms with Crippen LogP contribution in [0.3, 0.4) is 0 Å². The third-order valence-corrected chi connectivity index (χ3v) is 3.97. The van der Waals surface area contributed by atoms with Crippen LogP contribution >= 0.6 is 0 Å². The molecule has 1 heterocycles. The summed E-state index contributed by atoms with van der Waals surface area (Å²) in [5.41, 5.74) is 2.06. The quantitative estimate of drug-likeness (QED) is 0.335. The zero-order chi connectivity index (χ0) is 17.4. The second-order valence-corrected chi connectivity index (χ2v) is 5.84. The summed E-state index contributed by atoms with van der Waals surface area (Å²) in [5, 5.41) is 4.26. The number of nitrogens with one attached hydrogen (secondary N) is 2. The van der Waals surface area contributed by atoms with Gasteiger partial charge in [0, 0.05) is 43.8 Å². The van der Waals surface area contributed by atoms with E-state index in [9.17, 15) is 4.39 Å². The van der Waals surface area contributed by atoms with Crippen molar-refractivity contribution in [3.63, 3.8) is 0 Å². The van der Waals surface area contributed by atoms with Crippen molar-refractivity contribution in [1.29, 1.82) is 0 Å². The largest absolute Gasteiger partial charge is 0.361 e. The van der Waals surface area contributed by atoms with Crippen LogP contribution in [0.1, 0.15) is 25.3 Å². The Labute approximate surface area is 143 Å². The predicted molar refractivity (Wildman–Crippen MR) is 100 cm³/mol. The molecule has 0 unspecified atom stereocenters. The molecule has 4 nitrogen and oxygen atoms in total. The van der Waals surface area contributed by atoms with Gasteiger partial charge in [0.05, 0.1) is 0 Å². The van der Waals surface area contributed by atoms with E-state index in [1.54, 1.807) is 12.1 Å². The van der Waals surface area contributed by atoms with E-state index in [1.165, 1.54) is 6.07 Å². The van der Waals surface area contributed by atoms with Crippen LogP contribution in [0.2, 0.25) is 0 Å². The number of benzene rings is 1. The highest BCUT2D eigenvalue weighted by atomic mass is 19.1. The van der Waals surface area contributed by atoms with Gasteiger partial charge in [0.15, 0.2) is 5.96 Å². The van der Waals surface area contributed by atoms with Gasteiger partial charge in [0.25, 0.3) is 0 Å². The van der Waals surface area contributed by atoms with Crippen molar-refractivity contribution in [2.45, 2.75) is 26.2 Å². The maximum absolute atomic E-state index is 13.4. The standard InChI is InChI=1S/C19H27FN4/c1-4-6-7-12-24(3)19(21-5-2)22-11-10-15-14-23-18-9-8-16(20)13-17(15)18/h4,8-9,13-14,23H,1,5-7,10-12H2,2-3H3,(H,21,22). The van der Waals surface area contributed by atoms with Gasteiger partial charge in [0.1, 0.15) is 5.82 Å². The molecule has 0 aliphatic heterocycles. The molecule has 0 fully saturated rings. The Balaban J connectivity index is 2.00. The summed E-state index contributed by atoms with van der Waals surface area (Å²) in [6, 6.07) is 4.83. The van der Waals surface area contributed by atoms with Gasteiger partial charge in [0.2, 0.25) is 0 Å². The van der Waals surface area contributed by atoms with Crippen molar-refractivity contribution < 1.29 is 4.39 Å². The summed E-state index contributed by atoms with van der Waals surface area (Å²) in [5.74, 6) is 0.703. The van der Waals surface area contributed by atoms with Gasteiger partial charge in [-0.05, 0) is 49.9 Å². The number of aromatic nitrogens is 1. The molecule has 0 saturated heterocycles. The molecule has 1 aromatic heterocycles. The second-order valence-electron chi connectivity index (χ2n) is 5.84. The topological polar surface area (TPSA) is 43.4 Å². The summed E-state index contributed by atoms with van der Waals surface area (Å²) in [6.07, 6.45) is 6.73. The lowest BCUT2D eigenvalue weighted by Crippen LogP contribution is -2.39. The van der Waals surface area contributed by atoms with Crippen molar-refractivity contribution in [3.05, 3.63) is 48.4 Å². The number of halogens is 1. The Morgan fingerprint density at radius 2 is 2.29 bits per heavy atom. The van der Waals surface area contributed by atoms with Gasteiger partial charge >= 0.3 is 0 Å². The van der Waals surface area contributed by atoms with Gasteiger partial charge in [-0.1, -0.05) is 6.08 Å². The third kappa shape index (κ3) is 4.85. The highest BCUT2D eigenvalue weighted by Crippen LogP contribution is 2.19. The number of unbranched alkanes of at least 4 members (excludes halogenated alkanes) is 1. The Kier molecular flexibility index (Phi) is 6.85. The van der Waals surface area contributed by atoms with E-state index in [0.29, 0.717) is 6.54 Å². The van der Waals surface area contributed by atoms with Crippen molar-refractivity contribution in [2.24, 2.45) is 4.99 Å². The average molecular weight is 330 g/mol. The number of allylic oxidation sites excluding steroid dienone is 1. The van der Waals surface area contributed by atoms with E-state index < -0.39 is 0 Å². The highest BCUT2D eigenvalue weighted by molar-refractivity contribution is 5.83. The van der Waals surface area contributed by atoms with Crippen LogP contribution in [0.25, 0.3) is 10.9 Å². The molecule has 5 heteroatoms. The van der Waals surface area contributed by atoms with Crippen molar-refractivity contribution in [1.82, 2.24) is 15.2 Å². The minimum atomic E-state index is -0.206. The zero-order valence-electron chi connectivity index (χ0n) is 14.6. The molecule has 2 aromatic rings. The molecule has 0 amide bonds. The summed E-state index contributed by atoms with van der Waals surface area (Å²) in [7, 11) is 2.05. The van der Waals surface area contributed by atoms with E-state index in [0.717, 1.165) is 54.8 Å². The van der Waals surface area contributed by atoms with Crippen molar-refractivity contribution in [2.75, 3.05) is 26.7 Å². The summed E-state index contributed by atoms with van der Waals surface area (Å²) >= 11 is 0. The van der Waals surface area contributed by atoms with Crippen LogP contribution in [0.15, 0.2) is 42.0 Å². The number of nitrogens with zero attached hydrogens (tertiary/aromatic N) is 2. The molecule has 0 bridgehead atoms.